The van der Waals surface area contributed by atoms with Crippen LogP contribution < -0.4 is 0 Å². The Hall–Kier alpha value is -0.630. The second-order valence-corrected chi connectivity index (χ2v) is 8.45. The Morgan fingerprint density at radius 1 is 1.20 bits per heavy atom. The van der Waals surface area contributed by atoms with Crippen LogP contribution in [0, 0.1) is 5.92 Å². The molecule has 4 heteroatoms. The first kappa shape index (κ1) is 17.4. The van der Waals surface area contributed by atoms with E-state index in [1.54, 1.807) is 0 Å². The maximum atomic E-state index is 12.7. The lowest BCUT2D eigenvalue weighted by molar-refractivity contribution is 0.109. The molecule has 0 aliphatic heterocycles. The van der Waals surface area contributed by atoms with Crippen molar-refractivity contribution < 1.29 is 14.2 Å². The maximum Gasteiger partial charge on any atom is 0.203 e. The highest BCUT2D eigenvalue weighted by Gasteiger charge is 2.23. The molecule has 1 aromatic rings. The van der Waals surface area contributed by atoms with E-state index in [0.717, 1.165) is 18.4 Å². The van der Waals surface area contributed by atoms with Gasteiger partial charge in [0.15, 0.2) is 0 Å². The highest BCUT2D eigenvalue weighted by Crippen LogP contribution is 2.49. The fourth-order valence-corrected chi connectivity index (χ4v) is 4.50. The second-order valence-electron chi connectivity index (χ2n) is 5.67. The monoisotopic (exact) mass is 298 g/mol. The standard InChI is InChI=1S/C16H27O3P/c1-4-11-20(18,12-10-14(2)3)19-13-16(17)15-8-6-5-7-9-15/h5-9,14,16-17H,4,10-13H2,1-3H3. The van der Waals surface area contributed by atoms with Gasteiger partial charge in [-0.15, -0.1) is 0 Å². The molecular weight excluding hydrogens is 271 g/mol. The van der Waals surface area contributed by atoms with Gasteiger partial charge in [-0.05, 0) is 24.3 Å². The molecule has 2 unspecified atom stereocenters. The smallest absolute Gasteiger partial charge is 0.203 e. The van der Waals surface area contributed by atoms with E-state index in [0.29, 0.717) is 18.2 Å². The van der Waals surface area contributed by atoms with Gasteiger partial charge < -0.3 is 9.63 Å². The summed E-state index contributed by atoms with van der Waals surface area (Å²) in [5.74, 6) is 0.517. The van der Waals surface area contributed by atoms with Gasteiger partial charge in [0.25, 0.3) is 0 Å². The average Bonchev–Trinajstić information content (AvgIpc) is 2.44. The SMILES string of the molecule is CCCP(=O)(CCC(C)C)OCC(O)c1ccccc1. The molecule has 0 aromatic heterocycles. The number of aliphatic hydroxyl groups is 1. The third-order valence-electron chi connectivity index (χ3n) is 3.26. The van der Waals surface area contributed by atoms with Gasteiger partial charge in [0.2, 0.25) is 7.37 Å². The Morgan fingerprint density at radius 3 is 2.40 bits per heavy atom. The van der Waals surface area contributed by atoms with Crippen molar-refractivity contribution in [1.29, 1.82) is 0 Å². The third kappa shape index (κ3) is 6.21. The first-order valence-electron chi connectivity index (χ1n) is 7.42. The molecule has 2 atom stereocenters. The van der Waals surface area contributed by atoms with Gasteiger partial charge in [0.1, 0.15) is 6.10 Å². The van der Waals surface area contributed by atoms with Crippen molar-refractivity contribution in [2.75, 3.05) is 18.9 Å². The van der Waals surface area contributed by atoms with Crippen LogP contribution in [-0.4, -0.2) is 24.0 Å². The number of benzene rings is 1. The van der Waals surface area contributed by atoms with Gasteiger partial charge in [-0.1, -0.05) is 51.1 Å². The van der Waals surface area contributed by atoms with Crippen molar-refractivity contribution in [3.05, 3.63) is 35.9 Å². The lowest BCUT2D eigenvalue weighted by Crippen LogP contribution is -2.09. The molecule has 1 N–H and O–H groups in total. The second kappa shape index (κ2) is 8.61. The lowest BCUT2D eigenvalue weighted by atomic mass is 10.1. The summed E-state index contributed by atoms with van der Waals surface area (Å²) in [7, 11) is -2.61. The normalized spacial score (nSPS) is 16.1. The van der Waals surface area contributed by atoms with E-state index in [9.17, 15) is 9.67 Å². The van der Waals surface area contributed by atoms with Crippen LogP contribution in [0.2, 0.25) is 0 Å². The van der Waals surface area contributed by atoms with E-state index in [1.165, 1.54) is 0 Å². The molecule has 20 heavy (non-hydrogen) atoms. The highest BCUT2D eigenvalue weighted by molar-refractivity contribution is 7.58. The Morgan fingerprint density at radius 2 is 1.85 bits per heavy atom. The minimum Gasteiger partial charge on any atom is -0.386 e. The highest BCUT2D eigenvalue weighted by atomic mass is 31.2. The summed E-state index contributed by atoms with van der Waals surface area (Å²) in [5, 5.41) is 10.1. The fourth-order valence-electron chi connectivity index (χ4n) is 2.01. The van der Waals surface area contributed by atoms with Gasteiger partial charge in [-0.3, -0.25) is 4.57 Å². The Balaban J connectivity index is 2.55. The molecule has 0 saturated carbocycles. The Kier molecular flexibility index (Phi) is 7.50. The predicted molar refractivity (Wildman–Crippen MR) is 84.4 cm³/mol. The summed E-state index contributed by atoms with van der Waals surface area (Å²) < 4.78 is 18.4. The largest absolute Gasteiger partial charge is 0.386 e. The van der Waals surface area contributed by atoms with E-state index in [-0.39, 0.29) is 6.61 Å². The molecule has 0 fully saturated rings. The molecule has 0 bridgehead atoms. The van der Waals surface area contributed by atoms with Crippen LogP contribution in [0.4, 0.5) is 0 Å². The molecular formula is C16H27O3P. The van der Waals surface area contributed by atoms with Crippen molar-refractivity contribution in [1.82, 2.24) is 0 Å². The first-order chi connectivity index (χ1) is 9.47. The molecule has 0 saturated heterocycles. The van der Waals surface area contributed by atoms with Crippen molar-refractivity contribution in [3.8, 4) is 0 Å². The van der Waals surface area contributed by atoms with E-state index in [1.807, 2.05) is 37.3 Å². The molecule has 0 amide bonds. The molecule has 1 aromatic carbocycles. The summed E-state index contributed by atoms with van der Waals surface area (Å²) in [6.07, 6.45) is 2.25. The topological polar surface area (TPSA) is 46.5 Å². The van der Waals surface area contributed by atoms with E-state index >= 15 is 0 Å². The van der Waals surface area contributed by atoms with Crippen molar-refractivity contribution >= 4 is 7.37 Å². The molecule has 0 aliphatic carbocycles. The average molecular weight is 298 g/mol. The minimum absolute atomic E-state index is 0.111. The van der Waals surface area contributed by atoms with Crippen LogP contribution in [0.5, 0.6) is 0 Å². The van der Waals surface area contributed by atoms with Gasteiger partial charge in [0, 0.05) is 12.3 Å². The van der Waals surface area contributed by atoms with Gasteiger partial charge in [-0.25, -0.2) is 0 Å². The summed E-state index contributed by atoms with van der Waals surface area (Å²) in [5.41, 5.74) is 0.805. The van der Waals surface area contributed by atoms with Crippen LogP contribution in [-0.2, 0) is 9.09 Å². The molecule has 0 radical (unpaired) electrons. The van der Waals surface area contributed by atoms with Crippen LogP contribution >= 0.6 is 7.37 Å². The molecule has 0 aliphatic rings. The van der Waals surface area contributed by atoms with Crippen LogP contribution in [0.15, 0.2) is 30.3 Å². The van der Waals surface area contributed by atoms with Gasteiger partial charge >= 0.3 is 0 Å². The van der Waals surface area contributed by atoms with Crippen molar-refractivity contribution in [3.63, 3.8) is 0 Å². The van der Waals surface area contributed by atoms with Gasteiger partial charge in [0.05, 0.1) is 6.61 Å². The number of rotatable bonds is 9. The molecule has 3 nitrogen and oxygen atoms in total. The molecule has 0 spiro atoms. The van der Waals surface area contributed by atoms with E-state index < -0.39 is 13.5 Å². The van der Waals surface area contributed by atoms with Crippen molar-refractivity contribution in [2.24, 2.45) is 5.92 Å². The third-order valence-corrected chi connectivity index (χ3v) is 5.95. The quantitative estimate of drug-likeness (QED) is 0.684. The van der Waals surface area contributed by atoms with E-state index in [4.69, 9.17) is 4.52 Å². The Labute approximate surface area is 122 Å². The van der Waals surface area contributed by atoms with Crippen LogP contribution in [0.3, 0.4) is 0 Å². The zero-order valence-electron chi connectivity index (χ0n) is 12.8. The predicted octanol–water partition coefficient (Wildman–Crippen LogP) is 4.47. The summed E-state index contributed by atoms with van der Waals surface area (Å²) in [6, 6.07) is 9.37. The van der Waals surface area contributed by atoms with Gasteiger partial charge in [-0.2, -0.15) is 0 Å². The van der Waals surface area contributed by atoms with Crippen LogP contribution in [0.1, 0.15) is 45.3 Å². The first-order valence-corrected chi connectivity index (χ1v) is 9.42. The fraction of sp³-hybridized carbons (Fsp3) is 0.625. The van der Waals surface area contributed by atoms with Crippen LogP contribution in [0.25, 0.3) is 0 Å². The number of hydrogen-bond donors (Lipinski definition) is 1. The zero-order chi connectivity index (χ0) is 15.0. The minimum atomic E-state index is -2.61. The molecule has 0 heterocycles. The summed E-state index contributed by atoms with van der Waals surface area (Å²) in [4.78, 5) is 0. The molecule has 1 rings (SSSR count). The Bertz CT molecular complexity index is 417. The van der Waals surface area contributed by atoms with E-state index in [2.05, 4.69) is 13.8 Å². The van der Waals surface area contributed by atoms with Crippen molar-refractivity contribution in [2.45, 2.75) is 39.7 Å². The summed E-state index contributed by atoms with van der Waals surface area (Å²) >= 11 is 0. The lowest BCUT2D eigenvalue weighted by Gasteiger charge is -2.21. The summed E-state index contributed by atoms with van der Waals surface area (Å²) in [6.45, 7) is 6.36. The number of aliphatic hydroxyl groups excluding tert-OH is 1. The zero-order valence-corrected chi connectivity index (χ0v) is 13.7. The molecule has 114 valence electrons. The number of hydrogen-bond acceptors (Lipinski definition) is 3. The maximum absolute atomic E-state index is 12.7.